The van der Waals surface area contributed by atoms with Gasteiger partial charge in [-0.2, -0.15) is 5.10 Å². The van der Waals surface area contributed by atoms with Crippen LogP contribution in [0.1, 0.15) is 25.2 Å². The van der Waals surface area contributed by atoms with Crippen molar-refractivity contribution >= 4 is 0 Å². The normalized spacial score (nSPS) is 12.6. The molecule has 6 nitrogen and oxygen atoms in total. The first-order valence-corrected chi connectivity index (χ1v) is 7.19. The molecule has 6 heteroatoms. The van der Waals surface area contributed by atoms with Crippen LogP contribution in [-0.4, -0.2) is 32.9 Å². The van der Waals surface area contributed by atoms with E-state index >= 15 is 0 Å². The molecule has 0 saturated heterocycles. The van der Waals surface area contributed by atoms with Crippen LogP contribution < -0.4 is 10.5 Å². The summed E-state index contributed by atoms with van der Waals surface area (Å²) in [7, 11) is 1.61. The van der Waals surface area contributed by atoms with Crippen molar-refractivity contribution in [3.05, 3.63) is 36.0 Å². The van der Waals surface area contributed by atoms with Gasteiger partial charge < -0.3 is 10.5 Å². The van der Waals surface area contributed by atoms with Gasteiger partial charge in [-0.1, -0.05) is 19.9 Å². The summed E-state index contributed by atoms with van der Waals surface area (Å²) < 4.78 is 6.99. The highest BCUT2D eigenvalue weighted by molar-refractivity contribution is 5.18. The molecule has 0 amide bonds. The fraction of sp³-hybridized carbons (Fsp3) is 0.533. The first-order valence-electron chi connectivity index (χ1n) is 7.19. The third-order valence-electron chi connectivity index (χ3n) is 3.18. The van der Waals surface area contributed by atoms with Gasteiger partial charge in [0.05, 0.1) is 7.11 Å². The van der Waals surface area contributed by atoms with Crippen molar-refractivity contribution in [1.82, 2.24) is 19.7 Å². The first kappa shape index (κ1) is 15.4. The number of hydrogen-bond acceptors (Lipinski definition) is 5. The first-order chi connectivity index (χ1) is 10.1. The average Bonchev–Trinajstić information content (AvgIpc) is 2.86. The maximum Gasteiger partial charge on any atom is 0.212 e. The fourth-order valence-corrected chi connectivity index (χ4v) is 2.21. The number of rotatable bonds is 7. The number of nitrogens with two attached hydrogens (primary N) is 1. The lowest BCUT2D eigenvalue weighted by Gasteiger charge is -2.13. The topological polar surface area (TPSA) is 78.9 Å². The molecule has 0 spiro atoms. The molecule has 0 aliphatic rings. The molecule has 2 rings (SSSR count). The van der Waals surface area contributed by atoms with Crippen molar-refractivity contribution < 1.29 is 4.74 Å². The summed E-state index contributed by atoms with van der Waals surface area (Å²) in [5.41, 5.74) is 7.32. The monoisotopic (exact) mass is 289 g/mol. The second-order valence-electron chi connectivity index (χ2n) is 5.63. The Morgan fingerprint density at radius 1 is 1.24 bits per heavy atom. The van der Waals surface area contributed by atoms with Crippen LogP contribution in [0.25, 0.3) is 0 Å². The van der Waals surface area contributed by atoms with E-state index in [9.17, 15) is 0 Å². The van der Waals surface area contributed by atoms with Crippen LogP contribution >= 0.6 is 0 Å². The number of nitrogens with zero attached hydrogens (tertiary/aromatic N) is 4. The van der Waals surface area contributed by atoms with E-state index in [1.54, 1.807) is 19.6 Å². The van der Waals surface area contributed by atoms with Gasteiger partial charge in [0.2, 0.25) is 5.88 Å². The lowest BCUT2D eigenvalue weighted by atomic mass is 10.1. The van der Waals surface area contributed by atoms with Crippen molar-refractivity contribution in [2.24, 2.45) is 11.7 Å². The van der Waals surface area contributed by atoms with Gasteiger partial charge >= 0.3 is 0 Å². The highest BCUT2D eigenvalue weighted by Gasteiger charge is 2.12. The SMILES string of the molecule is COc1ccc(CC(N)Cc2ncnn2CC(C)C)cn1. The van der Waals surface area contributed by atoms with Crippen molar-refractivity contribution in [1.29, 1.82) is 0 Å². The third-order valence-corrected chi connectivity index (χ3v) is 3.18. The van der Waals surface area contributed by atoms with E-state index in [4.69, 9.17) is 10.5 Å². The molecule has 1 atom stereocenters. The molecule has 2 heterocycles. The molecule has 1 unspecified atom stereocenters. The summed E-state index contributed by atoms with van der Waals surface area (Å²) >= 11 is 0. The molecular formula is C15H23N5O. The van der Waals surface area contributed by atoms with Crippen LogP contribution in [0, 0.1) is 5.92 Å². The average molecular weight is 289 g/mol. The summed E-state index contributed by atoms with van der Waals surface area (Å²) in [6.45, 7) is 5.19. The molecule has 0 aromatic carbocycles. The van der Waals surface area contributed by atoms with Crippen LogP contribution in [0.5, 0.6) is 5.88 Å². The Morgan fingerprint density at radius 3 is 2.67 bits per heavy atom. The van der Waals surface area contributed by atoms with E-state index in [1.165, 1.54) is 0 Å². The highest BCUT2D eigenvalue weighted by atomic mass is 16.5. The molecule has 0 radical (unpaired) electrons. The van der Waals surface area contributed by atoms with Crippen LogP contribution in [0.3, 0.4) is 0 Å². The molecule has 2 N–H and O–H groups in total. The van der Waals surface area contributed by atoms with Gasteiger partial charge in [-0.25, -0.2) is 14.6 Å². The lowest BCUT2D eigenvalue weighted by Crippen LogP contribution is -2.27. The molecule has 0 saturated carbocycles. The molecular weight excluding hydrogens is 266 g/mol. The molecule has 0 fully saturated rings. The quantitative estimate of drug-likeness (QED) is 0.834. The van der Waals surface area contributed by atoms with Crippen molar-refractivity contribution in [2.45, 2.75) is 39.3 Å². The Labute approximate surface area is 125 Å². The third kappa shape index (κ3) is 4.53. The maximum absolute atomic E-state index is 6.23. The van der Waals surface area contributed by atoms with E-state index in [0.717, 1.165) is 24.4 Å². The predicted octanol–water partition coefficient (Wildman–Crippen LogP) is 1.45. The number of hydrogen-bond donors (Lipinski definition) is 1. The molecule has 114 valence electrons. The molecule has 0 aliphatic carbocycles. The lowest BCUT2D eigenvalue weighted by molar-refractivity contribution is 0.397. The molecule has 2 aromatic heterocycles. The fourth-order valence-electron chi connectivity index (χ4n) is 2.21. The van der Waals surface area contributed by atoms with Crippen LogP contribution in [0.2, 0.25) is 0 Å². The molecule has 0 aliphatic heterocycles. The Morgan fingerprint density at radius 2 is 2.05 bits per heavy atom. The number of methoxy groups -OCH3 is 1. The second-order valence-corrected chi connectivity index (χ2v) is 5.63. The minimum Gasteiger partial charge on any atom is -0.481 e. The van der Waals surface area contributed by atoms with Gasteiger partial charge in [0.15, 0.2) is 0 Å². The van der Waals surface area contributed by atoms with Gasteiger partial charge in [-0.3, -0.25) is 0 Å². The smallest absolute Gasteiger partial charge is 0.212 e. The Balaban J connectivity index is 1.94. The summed E-state index contributed by atoms with van der Waals surface area (Å²) in [4.78, 5) is 8.51. The maximum atomic E-state index is 6.23. The Hall–Kier alpha value is -1.95. The predicted molar refractivity (Wildman–Crippen MR) is 81.0 cm³/mol. The minimum absolute atomic E-state index is 0.00435. The standard InChI is InChI=1S/C15H23N5O/c1-11(2)9-20-14(18-10-19-20)7-13(16)6-12-4-5-15(21-3)17-8-12/h4-5,8,10-11,13H,6-7,9,16H2,1-3H3. The van der Waals surface area contributed by atoms with Gasteiger partial charge in [0, 0.05) is 31.3 Å². The minimum atomic E-state index is -0.00435. The summed E-state index contributed by atoms with van der Waals surface area (Å²) in [5.74, 6) is 2.09. The van der Waals surface area contributed by atoms with Gasteiger partial charge in [-0.05, 0) is 17.9 Å². The number of aromatic nitrogens is 4. The number of ether oxygens (including phenoxy) is 1. The van der Waals surface area contributed by atoms with E-state index in [2.05, 4.69) is 28.9 Å². The van der Waals surface area contributed by atoms with Gasteiger partial charge in [0.25, 0.3) is 0 Å². The van der Waals surface area contributed by atoms with Crippen molar-refractivity contribution in [2.75, 3.05) is 7.11 Å². The summed E-state index contributed by atoms with van der Waals surface area (Å²) in [6, 6.07) is 3.84. The van der Waals surface area contributed by atoms with Gasteiger partial charge in [-0.15, -0.1) is 0 Å². The van der Waals surface area contributed by atoms with E-state index in [-0.39, 0.29) is 6.04 Å². The Bertz CT molecular complexity index is 549. The van der Waals surface area contributed by atoms with E-state index in [1.807, 2.05) is 16.8 Å². The summed E-state index contributed by atoms with van der Waals surface area (Å²) in [5, 5.41) is 4.26. The molecule has 2 aromatic rings. The van der Waals surface area contributed by atoms with E-state index in [0.29, 0.717) is 18.2 Å². The zero-order valence-electron chi connectivity index (χ0n) is 12.9. The summed E-state index contributed by atoms with van der Waals surface area (Å²) in [6.07, 6.45) is 4.86. The number of pyridine rings is 1. The molecule has 0 bridgehead atoms. The van der Waals surface area contributed by atoms with Crippen LogP contribution in [0.4, 0.5) is 0 Å². The second kappa shape index (κ2) is 7.17. The zero-order chi connectivity index (χ0) is 15.2. The van der Waals surface area contributed by atoms with Crippen molar-refractivity contribution in [3.8, 4) is 5.88 Å². The molecule has 21 heavy (non-hydrogen) atoms. The zero-order valence-corrected chi connectivity index (χ0v) is 12.9. The largest absolute Gasteiger partial charge is 0.481 e. The van der Waals surface area contributed by atoms with Gasteiger partial charge in [0.1, 0.15) is 12.2 Å². The highest BCUT2D eigenvalue weighted by Crippen LogP contribution is 2.10. The van der Waals surface area contributed by atoms with Crippen LogP contribution in [0.15, 0.2) is 24.7 Å². The van der Waals surface area contributed by atoms with Crippen molar-refractivity contribution in [3.63, 3.8) is 0 Å². The van der Waals surface area contributed by atoms with Crippen LogP contribution in [-0.2, 0) is 19.4 Å². The van der Waals surface area contributed by atoms with E-state index < -0.39 is 0 Å². The Kier molecular flexibility index (Phi) is 5.27.